The van der Waals surface area contributed by atoms with Crippen molar-refractivity contribution in [1.29, 1.82) is 0 Å². The number of hydrogen-bond donors (Lipinski definition) is 0. The van der Waals surface area contributed by atoms with Gasteiger partial charge in [-0.05, 0) is 48.2 Å². The lowest BCUT2D eigenvalue weighted by Gasteiger charge is -2.35. The molecular weight excluding hydrogens is 436 g/mol. The van der Waals surface area contributed by atoms with Gasteiger partial charge in [-0.3, -0.25) is 9.59 Å². The normalized spacial score (nSPS) is 21.2. The molecule has 0 spiro atoms. The van der Waals surface area contributed by atoms with Crippen LogP contribution in [0.3, 0.4) is 0 Å². The molecule has 1 heterocycles. The maximum absolute atomic E-state index is 14.0. The third-order valence-electron chi connectivity index (χ3n) is 5.81. The first-order valence-electron chi connectivity index (χ1n) is 9.85. The highest BCUT2D eigenvalue weighted by atomic mass is 35.5. The zero-order valence-corrected chi connectivity index (χ0v) is 17.1. The Balaban J connectivity index is 1.33. The summed E-state index contributed by atoms with van der Waals surface area (Å²) in [5, 5.41) is 0.265. The van der Waals surface area contributed by atoms with E-state index in [0.717, 1.165) is 23.8 Å². The van der Waals surface area contributed by atoms with Crippen LogP contribution in [0.2, 0.25) is 5.02 Å². The van der Waals surface area contributed by atoms with Gasteiger partial charge >= 0.3 is 6.18 Å². The summed E-state index contributed by atoms with van der Waals surface area (Å²) in [5.74, 6) is -1.53. The van der Waals surface area contributed by atoms with Crippen LogP contribution in [0.4, 0.5) is 17.6 Å². The lowest BCUT2D eigenvalue weighted by atomic mass is 10.1. The Bertz CT molecular complexity index is 1000. The number of halogens is 5. The first-order chi connectivity index (χ1) is 14.6. The number of amides is 2. The molecule has 2 atom stereocenters. The molecule has 2 aliphatic rings. The SMILES string of the molecule is O=C(c1cc(Cl)ccc1F)N1CCN(C(=O)C2CC2c2ccc(C(F)(F)F)cc2)CC1. The molecule has 1 saturated carbocycles. The quantitative estimate of drug-likeness (QED) is 0.637. The smallest absolute Gasteiger partial charge is 0.339 e. The highest BCUT2D eigenvalue weighted by molar-refractivity contribution is 6.31. The van der Waals surface area contributed by atoms with Crippen molar-refractivity contribution >= 4 is 23.4 Å². The van der Waals surface area contributed by atoms with E-state index in [2.05, 4.69) is 0 Å². The van der Waals surface area contributed by atoms with Gasteiger partial charge in [-0.25, -0.2) is 4.39 Å². The number of carbonyl (C=O) groups excluding carboxylic acids is 2. The van der Waals surface area contributed by atoms with E-state index in [1.54, 1.807) is 4.90 Å². The molecule has 2 aromatic carbocycles. The molecule has 1 saturated heterocycles. The van der Waals surface area contributed by atoms with E-state index in [9.17, 15) is 27.2 Å². The Morgan fingerprint density at radius 2 is 1.55 bits per heavy atom. The summed E-state index contributed by atoms with van der Waals surface area (Å²) in [4.78, 5) is 28.5. The molecule has 2 aromatic rings. The van der Waals surface area contributed by atoms with Crippen molar-refractivity contribution in [2.45, 2.75) is 18.5 Å². The summed E-state index contributed by atoms with van der Waals surface area (Å²) in [5.41, 5.74) is -0.0925. The predicted octanol–water partition coefficient (Wildman–Crippen LogP) is 4.59. The van der Waals surface area contributed by atoms with Crippen molar-refractivity contribution in [2.75, 3.05) is 26.2 Å². The summed E-state index contributed by atoms with van der Waals surface area (Å²) < 4.78 is 52.1. The van der Waals surface area contributed by atoms with Crippen molar-refractivity contribution in [1.82, 2.24) is 9.80 Å². The topological polar surface area (TPSA) is 40.6 Å². The maximum Gasteiger partial charge on any atom is 0.416 e. The van der Waals surface area contributed by atoms with Crippen LogP contribution in [0.1, 0.15) is 33.8 Å². The summed E-state index contributed by atoms with van der Waals surface area (Å²) in [6, 6.07) is 8.73. The van der Waals surface area contributed by atoms with E-state index in [-0.39, 0.29) is 41.4 Å². The Hall–Kier alpha value is -2.61. The largest absolute Gasteiger partial charge is 0.416 e. The minimum Gasteiger partial charge on any atom is -0.339 e. The van der Waals surface area contributed by atoms with Gasteiger partial charge in [0, 0.05) is 37.1 Å². The number of alkyl halides is 3. The predicted molar refractivity (Wildman–Crippen MR) is 106 cm³/mol. The van der Waals surface area contributed by atoms with Gasteiger partial charge in [0.05, 0.1) is 11.1 Å². The second-order valence-corrected chi connectivity index (χ2v) is 8.25. The monoisotopic (exact) mass is 454 g/mol. The second-order valence-electron chi connectivity index (χ2n) is 7.81. The van der Waals surface area contributed by atoms with Crippen molar-refractivity contribution in [3.63, 3.8) is 0 Å². The van der Waals surface area contributed by atoms with Crippen molar-refractivity contribution < 1.29 is 27.2 Å². The van der Waals surface area contributed by atoms with Crippen LogP contribution >= 0.6 is 11.6 Å². The minimum atomic E-state index is -4.39. The maximum atomic E-state index is 14.0. The first-order valence-corrected chi connectivity index (χ1v) is 10.2. The number of nitrogens with zero attached hydrogens (tertiary/aromatic N) is 2. The molecule has 2 amide bonds. The fraction of sp³-hybridized carbons (Fsp3) is 0.364. The molecule has 0 radical (unpaired) electrons. The van der Waals surface area contributed by atoms with Gasteiger partial charge in [0.15, 0.2) is 0 Å². The number of rotatable bonds is 3. The Kier molecular flexibility index (Phi) is 5.68. The van der Waals surface area contributed by atoms with Gasteiger partial charge in [-0.2, -0.15) is 13.2 Å². The van der Waals surface area contributed by atoms with Gasteiger partial charge in [-0.1, -0.05) is 23.7 Å². The van der Waals surface area contributed by atoms with Gasteiger partial charge in [0.1, 0.15) is 5.82 Å². The molecule has 0 N–H and O–H groups in total. The van der Waals surface area contributed by atoms with Crippen LogP contribution in [0.5, 0.6) is 0 Å². The molecule has 2 unspecified atom stereocenters. The molecule has 4 nitrogen and oxygen atoms in total. The molecule has 0 bridgehead atoms. The number of piperazine rings is 1. The van der Waals surface area contributed by atoms with E-state index >= 15 is 0 Å². The van der Waals surface area contributed by atoms with E-state index in [4.69, 9.17) is 11.6 Å². The Morgan fingerprint density at radius 3 is 2.16 bits per heavy atom. The molecular formula is C22H19ClF4N2O2. The Morgan fingerprint density at radius 1 is 0.935 bits per heavy atom. The highest BCUT2D eigenvalue weighted by Gasteiger charge is 2.46. The molecule has 1 aliphatic carbocycles. The minimum absolute atomic E-state index is 0.0640. The number of hydrogen-bond acceptors (Lipinski definition) is 2. The van der Waals surface area contributed by atoms with Crippen LogP contribution in [0.25, 0.3) is 0 Å². The molecule has 31 heavy (non-hydrogen) atoms. The zero-order chi connectivity index (χ0) is 22.3. The fourth-order valence-corrected chi connectivity index (χ4v) is 4.12. The van der Waals surface area contributed by atoms with Crippen LogP contribution in [-0.4, -0.2) is 47.8 Å². The van der Waals surface area contributed by atoms with Gasteiger partial charge in [-0.15, -0.1) is 0 Å². The van der Waals surface area contributed by atoms with Crippen LogP contribution in [0, 0.1) is 11.7 Å². The van der Waals surface area contributed by atoms with Gasteiger partial charge < -0.3 is 9.80 Å². The number of benzene rings is 2. The fourth-order valence-electron chi connectivity index (χ4n) is 3.95. The van der Waals surface area contributed by atoms with Crippen molar-refractivity contribution in [2.24, 2.45) is 5.92 Å². The highest BCUT2D eigenvalue weighted by Crippen LogP contribution is 2.49. The lowest BCUT2D eigenvalue weighted by molar-refractivity contribution is -0.137. The average Bonchev–Trinajstić information content (AvgIpc) is 3.55. The zero-order valence-electron chi connectivity index (χ0n) is 16.3. The Labute approximate surface area is 181 Å². The van der Waals surface area contributed by atoms with E-state index in [1.165, 1.54) is 29.2 Å². The van der Waals surface area contributed by atoms with E-state index in [1.807, 2.05) is 0 Å². The number of carbonyl (C=O) groups is 2. The van der Waals surface area contributed by atoms with Crippen LogP contribution in [0.15, 0.2) is 42.5 Å². The summed E-state index contributed by atoms with van der Waals surface area (Å²) in [6.07, 6.45) is -3.79. The van der Waals surface area contributed by atoms with Gasteiger partial charge in [0.25, 0.3) is 5.91 Å². The summed E-state index contributed by atoms with van der Waals surface area (Å²) >= 11 is 5.86. The molecule has 0 aromatic heterocycles. The van der Waals surface area contributed by atoms with Crippen molar-refractivity contribution in [3.8, 4) is 0 Å². The molecule has 4 rings (SSSR count). The summed E-state index contributed by atoms with van der Waals surface area (Å²) in [6.45, 7) is 1.19. The molecule has 2 fully saturated rings. The van der Waals surface area contributed by atoms with E-state index in [0.29, 0.717) is 19.5 Å². The van der Waals surface area contributed by atoms with Gasteiger partial charge in [0.2, 0.25) is 5.91 Å². The third kappa shape index (κ3) is 4.54. The standard InChI is InChI=1S/C22H19ClF4N2O2/c23-15-5-6-19(24)18(11-15)21(31)29-9-7-28(8-10-29)20(30)17-12-16(17)13-1-3-14(4-2-13)22(25,26)27/h1-6,11,16-17H,7-10,12H2. The van der Waals surface area contributed by atoms with E-state index < -0.39 is 23.5 Å². The molecule has 164 valence electrons. The van der Waals surface area contributed by atoms with Crippen LogP contribution < -0.4 is 0 Å². The average molecular weight is 455 g/mol. The summed E-state index contributed by atoms with van der Waals surface area (Å²) in [7, 11) is 0. The molecule has 1 aliphatic heterocycles. The lowest BCUT2D eigenvalue weighted by Crippen LogP contribution is -2.51. The molecule has 9 heteroatoms. The third-order valence-corrected chi connectivity index (χ3v) is 6.05. The first kappa shape index (κ1) is 21.6. The van der Waals surface area contributed by atoms with Crippen LogP contribution in [-0.2, 0) is 11.0 Å². The second kappa shape index (κ2) is 8.15. The van der Waals surface area contributed by atoms with Crippen molar-refractivity contribution in [3.05, 3.63) is 70.0 Å².